The first-order chi connectivity index (χ1) is 16.1. The van der Waals surface area contributed by atoms with E-state index in [9.17, 15) is 4.79 Å². The van der Waals surface area contributed by atoms with Gasteiger partial charge in [-0.05, 0) is 68.4 Å². The number of piperazine rings is 1. The van der Waals surface area contributed by atoms with E-state index in [1.807, 2.05) is 52.0 Å². The molecule has 0 unspecified atom stereocenters. The van der Waals surface area contributed by atoms with Gasteiger partial charge in [0.15, 0.2) is 0 Å². The molecule has 0 aliphatic carbocycles. The van der Waals surface area contributed by atoms with Crippen molar-refractivity contribution in [1.82, 2.24) is 20.0 Å². The molecule has 0 atom stereocenters. The van der Waals surface area contributed by atoms with E-state index in [2.05, 4.69) is 21.4 Å². The summed E-state index contributed by atoms with van der Waals surface area (Å²) in [4.78, 5) is 17.9. The Balaban J connectivity index is 1.39. The van der Waals surface area contributed by atoms with E-state index in [1.54, 1.807) is 6.20 Å². The molecular weight excluding hydrogens is 457 g/mol. The van der Waals surface area contributed by atoms with Crippen LogP contribution in [0.25, 0.3) is 5.69 Å². The summed E-state index contributed by atoms with van der Waals surface area (Å²) in [7, 11) is 0. The Morgan fingerprint density at radius 2 is 1.64 bits per heavy atom. The molecule has 8 heteroatoms. The van der Waals surface area contributed by atoms with Crippen molar-refractivity contribution in [3.05, 3.63) is 76.0 Å². The van der Waals surface area contributed by atoms with Crippen molar-refractivity contribution in [2.24, 2.45) is 0 Å². The van der Waals surface area contributed by atoms with Crippen molar-refractivity contribution in [2.45, 2.75) is 18.8 Å². The lowest BCUT2D eigenvalue weighted by Crippen LogP contribution is -2.49. The molecule has 1 aromatic heterocycles. The maximum atomic E-state index is 13.7. The highest BCUT2D eigenvalue weighted by Crippen LogP contribution is 2.31. The molecule has 0 radical (unpaired) electrons. The molecule has 2 fully saturated rings. The van der Waals surface area contributed by atoms with E-state index in [0.717, 1.165) is 61.1 Å². The van der Waals surface area contributed by atoms with Crippen molar-refractivity contribution < 1.29 is 4.79 Å². The number of halogens is 2. The zero-order valence-corrected chi connectivity index (χ0v) is 19.9. The Kier molecular flexibility index (Phi) is 6.58. The number of hydrogen-bond acceptors (Lipinski definition) is 4. The van der Waals surface area contributed by atoms with E-state index in [-0.39, 0.29) is 11.8 Å². The third-order valence-corrected chi connectivity index (χ3v) is 7.06. The fourth-order valence-electron chi connectivity index (χ4n) is 4.81. The van der Waals surface area contributed by atoms with E-state index >= 15 is 0 Å². The quantitative estimate of drug-likeness (QED) is 0.588. The van der Waals surface area contributed by atoms with Crippen LogP contribution in [0.2, 0.25) is 10.0 Å². The van der Waals surface area contributed by atoms with Crippen LogP contribution >= 0.6 is 23.2 Å². The first-order valence-electron chi connectivity index (χ1n) is 11.4. The van der Waals surface area contributed by atoms with E-state index in [4.69, 9.17) is 23.2 Å². The van der Waals surface area contributed by atoms with Crippen LogP contribution in [0.1, 0.15) is 34.8 Å². The van der Waals surface area contributed by atoms with E-state index < -0.39 is 0 Å². The molecule has 3 aromatic rings. The minimum absolute atomic E-state index is 0.0643. The number of amides is 1. The van der Waals surface area contributed by atoms with Gasteiger partial charge in [0, 0.05) is 47.8 Å². The van der Waals surface area contributed by atoms with Gasteiger partial charge in [0.2, 0.25) is 0 Å². The molecule has 1 amide bonds. The number of aromatic nitrogens is 2. The molecule has 1 N–H and O–H groups in total. The number of rotatable bonds is 4. The maximum Gasteiger partial charge on any atom is 0.257 e. The van der Waals surface area contributed by atoms with E-state index in [1.165, 1.54) is 0 Å². The molecule has 0 saturated carbocycles. The van der Waals surface area contributed by atoms with Crippen molar-refractivity contribution >= 4 is 34.8 Å². The summed E-state index contributed by atoms with van der Waals surface area (Å²) >= 11 is 12.3. The smallest absolute Gasteiger partial charge is 0.257 e. The number of hydrogen-bond donors (Lipinski definition) is 1. The first kappa shape index (κ1) is 22.3. The summed E-state index contributed by atoms with van der Waals surface area (Å²) in [6, 6.07) is 15.5. The Bertz CT molecular complexity index is 1120. The molecule has 2 aliphatic rings. The Hall–Kier alpha value is -2.54. The number of benzene rings is 2. The second-order valence-electron chi connectivity index (χ2n) is 8.62. The molecule has 2 aliphatic heterocycles. The minimum Gasteiger partial charge on any atom is -0.368 e. The van der Waals surface area contributed by atoms with Crippen molar-refractivity contribution in [2.75, 3.05) is 44.2 Å². The molecule has 2 aromatic carbocycles. The van der Waals surface area contributed by atoms with Gasteiger partial charge in [-0.2, -0.15) is 5.10 Å². The van der Waals surface area contributed by atoms with Gasteiger partial charge >= 0.3 is 0 Å². The predicted octanol–water partition coefficient (Wildman–Crippen LogP) is 4.61. The van der Waals surface area contributed by atoms with Crippen molar-refractivity contribution in [1.29, 1.82) is 0 Å². The zero-order chi connectivity index (χ0) is 22.8. The highest BCUT2D eigenvalue weighted by molar-refractivity contribution is 6.31. The van der Waals surface area contributed by atoms with Crippen LogP contribution in [0.3, 0.4) is 0 Å². The number of carbonyl (C=O) groups is 1. The van der Waals surface area contributed by atoms with Crippen LogP contribution in [0.5, 0.6) is 0 Å². The lowest BCUT2D eigenvalue weighted by Gasteiger charge is -2.36. The Labute approximate surface area is 204 Å². The van der Waals surface area contributed by atoms with Crippen LogP contribution in [-0.4, -0.2) is 59.9 Å². The van der Waals surface area contributed by atoms with Crippen molar-refractivity contribution in [3.8, 4) is 5.69 Å². The van der Waals surface area contributed by atoms with Gasteiger partial charge in [-0.15, -0.1) is 0 Å². The van der Waals surface area contributed by atoms with E-state index in [0.29, 0.717) is 23.7 Å². The van der Waals surface area contributed by atoms with Crippen LogP contribution in [0.4, 0.5) is 5.69 Å². The standard InChI is InChI=1S/C25H27Cl2N5O/c26-19-4-6-21(7-5-19)32-24(18-8-10-28-11-9-18)23(17-29-32)25(33)31-14-12-30(13-15-31)22-3-1-2-20(27)16-22/h1-7,16-18,28H,8-15H2. The lowest BCUT2D eigenvalue weighted by atomic mass is 9.91. The summed E-state index contributed by atoms with van der Waals surface area (Å²) in [6.07, 6.45) is 3.72. The monoisotopic (exact) mass is 483 g/mol. The molecule has 3 heterocycles. The number of nitrogens with one attached hydrogen (secondary N) is 1. The highest BCUT2D eigenvalue weighted by atomic mass is 35.5. The van der Waals surface area contributed by atoms with Crippen LogP contribution in [0, 0.1) is 0 Å². The van der Waals surface area contributed by atoms with Crippen LogP contribution in [0.15, 0.2) is 54.7 Å². The van der Waals surface area contributed by atoms with Gasteiger partial charge in [-0.25, -0.2) is 4.68 Å². The van der Waals surface area contributed by atoms with Crippen molar-refractivity contribution in [3.63, 3.8) is 0 Å². The summed E-state index contributed by atoms with van der Waals surface area (Å²) in [5, 5.41) is 9.49. The third kappa shape index (κ3) is 4.74. The summed E-state index contributed by atoms with van der Waals surface area (Å²) in [6.45, 7) is 4.79. The van der Waals surface area contributed by atoms with Crippen LogP contribution in [-0.2, 0) is 0 Å². The van der Waals surface area contributed by atoms with Gasteiger partial charge in [0.25, 0.3) is 5.91 Å². The second-order valence-corrected chi connectivity index (χ2v) is 9.49. The number of nitrogens with zero attached hydrogens (tertiary/aromatic N) is 4. The van der Waals surface area contributed by atoms with Crippen LogP contribution < -0.4 is 10.2 Å². The van der Waals surface area contributed by atoms with Gasteiger partial charge in [0.05, 0.1) is 23.1 Å². The van der Waals surface area contributed by atoms with Gasteiger partial charge < -0.3 is 15.1 Å². The molecule has 33 heavy (non-hydrogen) atoms. The summed E-state index contributed by atoms with van der Waals surface area (Å²) < 4.78 is 1.93. The predicted molar refractivity (Wildman–Crippen MR) is 133 cm³/mol. The Morgan fingerprint density at radius 1 is 0.909 bits per heavy atom. The van der Waals surface area contributed by atoms with Gasteiger partial charge in [0.1, 0.15) is 0 Å². The summed E-state index contributed by atoms with van der Waals surface area (Å²) in [5.41, 5.74) is 3.76. The first-order valence-corrected chi connectivity index (χ1v) is 12.2. The molecule has 5 rings (SSSR count). The number of piperidine rings is 1. The molecule has 172 valence electrons. The fourth-order valence-corrected chi connectivity index (χ4v) is 5.12. The average molecular weight is 484 g/mol. The van der Waals surface area contributed by atoms with Gasteiger partial charge in [-0.3, -0.25) is 4.79 Å². The van der Waals surface area contributed by atoms with Gasteiger partial charge in [-0.1, -0.05) is 29.3 Å². The third-order valence-electron chi connectivity index (χ3n) is 6.57. The largest absolute Gasteiger partial charge is 0.368 e. The normalized spacial score (nSPS) is 17.4. The molecule has 0 bridgehead atoms. The number of anilines is 1. The Morgan fingerprint density at radius 3 is 2.33 bits per heavy atom. The fraction of sp³-hybridized carbons (Fsp3) is 0.360. The molecular formula is C25H27Cl2N5O. The molecule has 2 saturated heterocycles. The zero-order valence-electron chi connectivity index (χ0n) is 18.4. The topological polar surface area (TPSA) is 53.4 Å². The number of carbonyl (C=O) groups excluding carboxylic acids is 1. The summed E-state index contributed by atoms with van der Waals surface area (Å²) in [5.74, 6) is 0.352. The highest BCUT2D eigenvalue weighted by Gasteiger charge is 2.30. The SMILES string of the molecule is O=C(c1cnn(-c2ccc(Cl)cc2)c1C1CCNCC1)N1CCN(c2cccc(Cl)c2)CC1. The maximum absolute atomic E-state index is 13.7. The molecule has 0 spiro atoms. The average Bonchev–Trinajstić information content (AvgIpc) is 3.30. The molecule has 6 nitrogen and oxygen atoms in total. The lowest BCUT2D eigenvalue weighted by molar-refractivity contribution is 0.0744. The minimum atomic E-state index is 0.0643. The second kappa shape index (κ2) is 9.75.